The van der Waals surface area contributed by atoms with Crippen LogP contribution in [0.5, 0.6) is 0 Å². The summed E-state index contributed by atoms with van der Waals surface area (Å²) in [4.78, 5) is -1.49. The lowest BCUT2D eigenvalue weighted by atomic mass is 10.2. The second-order valence-corrected chi connectivity index (χ2v) is 3.76. The van der Waals surface area contributed by atoms with Crippen molar-refractivity contribution >= 4 is 46.4 Å². The van der Waals surface area contributed by atoms with Gasteiger partial charge in [-0.05, 0) is 0 Å². The lowest BCUT2D eigenvalue weighted by molar-refractivity contribution is 0.750. The Balaban J connectivity index is 3.17. The minimum absolute atomic E-state index is 0.0131. The van der Waals surface area contributed by atoms with Crippen LogP contribution in [0.3, 0.4) is 0 Å². The van der Waals surface area contributed by atoms with Gasteiger partial charge in [0.25, 0.3) is 0 Å². The third-order valence-electron chi connectivity index (χ3n) is 1.26. The topological polar surface area (TPSA) is 35.8 Å². The van der Waals surface area contributed by atoms with Crippen molar-refractivity contribution in [3.8, 4) is 6.07 Å². The number of hydrogen-bond donors (Lipinski definition) is 1. The highest BCUT2D eigenvalue weighted by molar-refractivity contribution is 6.51. The molecule has 0 bridgehead atoms. The quantitative estimate of drug-likeness (QED) is 0.525. The first-order valence-electron chi connectivity index (χ1n) is 2.81. The van der Waals surface area contributed by atoms with E-state index in [4.69, 9.17) is 51.7 Å². The highest BCUT2D eigenvalue weighted by Gasteiger charge is 2.35. The molecule has 1 heterocycles. The zero-order chi connectivity index (χ0) is 9.35. The smallest absolute Gasteiger partial charge is 0.237 e. The molecule has 0 amide bonds. The van der Waals surface area contributed by atoms with E-state index in [-0.39, 0.29) is 15.1 Å². The molecule has 2 nitrogen and oxygen atoms in total. The Bertz CT molecular complexity index is 314. The fraction of sp³-hybridized carbons (Fsp3) is 0.167. The maximum absolute atomic E-state index is 8.63. The summed E-state index contributed by atoms with van der Waals surface area (Å²) in [7, 11) is 0. The molecular weight excluding hydrogens is 242 g/mol. The normalized spacial score (nSPS) is 29.1. The SMILES string of the molecule is N#CC1(Cl)NC=C(Cl)C(Cl)=C1Cl. The van der Waals surface area contributed by atoms with Gasteiger partial charge in [0.2, 0.25) is 5.00 Å². The number of alkyl halides is 1. The van der Waals surface area contributed by atoms with Gasteiger partial charge in [-0.25, -0.2) is 0 Å². The van der Waals surface area contributed by atoms with Gasteiger partial charge < -0.3 is 5.32 Å². The van der Waals surface area contributed by atoms with E-state index in [1.165, 1.54) is 6.20 Å². The van der Waals surface area contributed by atoms with Gasteiger partial charge in [0, 0.05) is 6.20 Å². The van der Waals surface area contributed by atoms with Crippen molar-refractivity contribution in [2.45, 2.75) is 5.00 Å². The molecular formula is C6H2Cl4N2. The molecule has 0 fully saturated rings. The third kappa shape index (κ3) is 1.51. The monoisotopic (exact) mass is 242 g/mol. The van der Waals surface area contributed by atoms with Gasteiger partial charge in [-0.15, -0.1) is 0 Å². The van der Waals surface area contributed by atoms with Crippen LogP contribution >= 0.6 is 46.4 Å². The summed E-state index contributed by atoms with van der Waals surface area (Å²) in [6.07, 6.45) is 1.33. The van der Waals surface area contributed by atoms with Crippen molar-refractivity contribution in [3.63, 3.8) is 0 Å². The number of hydrogen-bond acceptors (Lipinski definition) is 2. The molecule has 1 rings (SSSR count). The van der Waals surface area contributed by atoms with E-state index in [9.17, 15) is 0 Å². The molecule has 1 aliphatic rings. The highest BCUT2D eigenvalue weighted by Crippen LogP contribution is 2.37. The van der Waals surface area contributed by atoms with Gasteiger partial charge in [-0.2, -0.15) is 5.26 Å². The first kappa shape index (κ1) is 10.0. The van der Waals surface area contributed by atoms with Crippen LogP contribution in [-0.4, -0.2) is 5.00 Å². The molecule has 1 atom stereocenters. The second-order valence-electron chi connectivity index (χ2n) is 2.03. The Morgan fingerprint density at radius 1 is 1.42 bits per heavy atom. The summed E-state index contributed by atoms with van der Waals surface area (Å²) in [5.74, 6) is 0. The summed E-state index contributed by atoms with van der Waals surface area (Å²) in [6.45, 7) is 0. The zero-order valence-corrected chi connectivity index (χ0v) is 8.56. The molecule has 0 aromatic carbocycles. The molecule has 64 valence electrons. The first-order valence-corrected chi connectivity index (χ1v) is 4.32. The largest absolute Gasteiger partial charge is 0.355 e. The lowest BCUT2D eigenvalue weighted by Gasteiger charge is -2.23. The van der Waals surface area contributed by atoms with Crippen LogP contribution < -0.4 is 5.32 Å². The number of allylic oxidation sites excluding steroid dienone is 2. The maximum Gasteiger partial charge on any atom is 0.237 e. The van der Waals surface area contributed by atoms with Gasteiger partial charge in [-0.1, -0.05) is 46.4 Å². The summed E-state index contributed by atoms with van der Waals surface area (Å²) >= 11 is 22.7. The predicted octanol–water partition coefficient (Wildman–Crippen LogP) is 2.82. The Hall–Kier alpha value is -0.0700. The van der Waals surface area contributed by atoms with Crippen molar-refractivity contribution in [2.75, 3.05) is 0 Å². The van der Waals surface area contributed by atoms with Gasteiger partial charge in [0.15, 0.2) is 0 Å². The molecule has 1 N–H and O–H groups in total. The Labute approximate surface area is 89.3 Å². The van der Waals surface area contributed by atoms with Crippen LogP contribution in [0.1, 0.15) is 0 Å². The van der Waals surface area contributed by atoms with Crippen LogP contribution in [-0.2, 0) is 0 Å². The van der Waals surface area contributed by atoms with E-state index in [0.717, 1.165) is 0 Å². The van der Waals surface area contributed by atoms with E-state index in [2.05, 4.69) is 5.32 Å². The minimum Gasteiger partial charge on any atom is -0.355 e. The van der Waals surface area contributed by atoms with Crippen molar-refractivity contribution < 1.29 is 0 Å². The Kier molecular flexibility index (Phi) is 2.80. The van der Waals surface area contributed by atoms with Crippen LogP contribution in [0.2, 0.25) is 0 Å². The van der Waals surface area contributed by atoms with Crippen LogP contribution in [0.4, 0.5) is 0 Å². The molecule has 0 radical (unpaired) electrons. The molecule has 1 unspecified atom stereocenters. The summed E-state index contributed by atoms with van der Waals surface area (Å²) in [5.41, 5.74) is 0. The third-order valence-corrected chi connectivity index (χ3v) is 3.09. The number of nitriles is 1. The number of dihydropyridines is 1. The molecule has 0 aromatic heterocycles. The van der Waals surface area contributed by atoms with Crippen molar-refractivity contribution in [2.24, 2.45) is 0 Å². The van der Waals surface area contributed by atoms with E-state index in [1.807, 2.05) is 0 Å². The van der Waals surface area contributed by atoms with Gasteiger partial charge in [0.05, 0.1) is 15.1 Å². The summed E-state index contributed by atoms with van der Waals surface area (Å²) in [5, 5.41) is 11.4. The minimum atomic E-state index is -1.49. The molecule has 12 heavy (non-hydrogen) atoms. The molecule has 0 aliphatic carbocycles. The number of nitrogens with zero attached hydrogens (tertiary/aromatic N) is 1. The van der Waals surface area contributed by atoms with Gasteiger partial charge in [-0.3, -0.25) is 0 Å². The molecule has 0 saturated carbocycles. The maximum atomic E-state index is 8.63. The molecule has 0 spiro atoms. The Morgan fingerprint density at radius 3 is 2.50 bits per heavy atom. The fourth-order valence-corrected chi connectivity index (χ4v) is 1.42. The zero-order valence-electron chi connectivity index (χ0n) is 5.54. The first-order chi connectivity index (χ1) is 5.51. The molecule has 6 heteroatoms. The van der Waals surface area contributed by atoms with Crippen LogP contribution in [0.15, 0.2) is 21.3 Å². The standard InChI is InChI=1S/C6H2Cl4N2/c7-3-1-12-6(10,2-11)5(9)4(3)8/h1,12H. The summed E-state index contributed by atoms with van der Waals surface area (Å²) in [6, 6.07) is 1.76. The molecule has 0 aromatic rings. The average Bonchev–Trinajstić information content (AvgIpc) is 2.09. The summed E-state index contributed by atoms with van der Waals surface area (Å²) < 4.78 is 0. The molecule has 0 saturated heterocycles. The highest BCUT2D eigenvalue weighted by atomic mass is 35.5. The van der Waals surface area contributed by atoms with Gasteiger partial charge >= 0.3 is 0 Å². The molecule has 1 aliphatic heterocycles. The predicted molar refractivity (Wildman–Crippen MR) is 50.0 cm³/mol. The van der Waals surface area contributed by atoms with Crippen molar-refractivity contribution in [3.05, 3.63) is 21.3 Å². The van der Waals surface area contributed by atoms with Crippen molar-refractivity contribution in [1.29, 1.82) is 5.26 Å². The van der Waals surface area contributed by atoms with Gasteiger partial charge in [0.1, 0.15) is 6.07 Å². The van der Waals surface area contributed by atoms with E-state index < -0.39 is 5.00 Å². The lowest BCUT2D eigenvalue weighted by Crippen LogP contribution is -2.37. The van der Waals surface area contributed by atoms with E-state index in [0.29, 0.717) is 0 Å². The van der Waals surface area contributed by atoms with E-state index >= 15 is 0 Å². The number of nitrogens with one attached hydrogen (secondary N) is 1. The number of halogens is 4. The average molecular weight is 244 g/mol. The fourth-order valence-electron chi connectivity index (χ4n) is 0.627. The number of rotatable bonds is 0. The van der Waals surface area contributed by atoms with Crippen molar-refractivity contribution in [1.82, 2.24) is 5.32 Å². The van der Waals surface area contributed by atoms with E-state index in [1.54, 1.807) is 6.07 Å². The Morgan fingerprint density at radius 2 is 2.00 bits per heavy atom. The van der Waals surface area contributed by atoms with Crippen LogP contribution in [0.25, 0.3) is 0 Å². The second kappa shape index (κ2) is 3.35. The van der Waals surface area contributed by atoms with Crippen LogP contribution in [0, 0.1) is 11.3 Å².